The van der Waals surface area contributed by atoms with Crippen LogP contribution in [0.1, 0.15) is 16.6 Å². The molecule has 3 aromatic rings. The predicted octanol–water partition coefficient (Wildman–Crippen LogP) is 4.39. The smallest absolute Gasteiger partial charge is 0.262 e. The highest BCUT2D eigenvalue weighted by Crippen LogP contribution is 2.28. The quantitative estimate of drug-likeness (QED) is 0.623. The van der Waals surface area contributed by atoms with Crippen LogP contribution in [0.5, 0.6) is 0 Å². The third-order valence-corrected chi connectivity index (χ3v) is 5.92. The number of carbonyl (C=O) groups is 2. The van der Waals surface area contributed by atoms with Crippen molar-refractivity contribution in [3.63, 3.8) is 0 Å². The van der Waals surface area contributed by atoms with Crippen molar-refractivity contribution in [3.05, 3.63) is 57.3 Å². The molecule has 0 aliphatic carbocycles. The zero-order valence-electron chi connectivity index (χ0n) is 13.2. The largest absolute Gasteiger partial charge is 0.340 e. The minimum Gasteiger partial charge on any atom is -0.340 e. The number of carbonyl (C=O) groups excluding carboxylic acids is 2. The van der Waals surface area contributed by atoms with Gasteiger partial charge < -0.3 is 10.6 Å². The molecule has 3 rings (SSSR count). The third kappa shape index (κ3) is 4.53. The van der Waals surface area contributed by atoms with Crippen LogP contribution in [0.2, 0.25) is 0 Å². The maximum atomic E-state index is 12.3. The van der Waals surface area contributed by atoms with Crippen molar-refractivity contribution in [2.75, 3.05) is 5.32 Å². The Balaban J connectivity index is 1.60. The first kappa shape index (κ1) is 17.8. The van der Waals surface area contributed by atoms with Gasteiger partial charge in [-0.2, -0.15) is 0 Å². The second-order valence-electron chi connectivity index (χ2n) is 5.18. The average Bonchev–Trinajstić information content (AvgIpc) is 3.24. The first-order valence-corrected chi connectivity index (χ1v) is 9.84. The van der Waals surface area contributed by atoms with E-state index in [2.05, 4.69) is 31.5 Å². The van der Waals surface area contributed by atoms with E-state index in [-0.39, 0.29) is 11.8 Å². The van der Waals surface area contributed by atoms with Gasteiger partial charge in [-0.05, 0) is 40.5 Å². The molecular formula is C17H14BrN3O2S2. The highest BCUT2D eigenvalue weighted by molar-refractivity contribution is 9.11. The van der Waals surface area contributed by atoms with E-state index in [1.54, 1.807) is 25.3 Å². The summed E-state index contributed by atoms with van der Waals surface area (Å²) < 4.78 is 0.867. The normalized spacial score (nSPS) is 11.8. The standard InChI is InChI=1S/C17H14BrN3O2S2/c1-10(20-16(23)12-7-8-14(18)24-12)15(22)21-17-19-9-13(25-17)11-5-3-2-4-6-11/h2-10H,1H3,(H,20,23)(H,19,21,22). The molecule has 0 saturated carbocycles. The summed E-state index contributed by atoms with van der Waals surface area (Å²) in [5, 5.41) is 5.93. The van der Waals surface area contributed by atoms with Gasteiger partial charge in [-0.3, -0.25) is 9.59 Å². The van der Waals surface area contributed by atoms with E-state index in [1.165, 1.54) is 22.7 Å². The van der Waals surface area contributed by atoms with Crippen LogP contribution in [0.15, 0.2) is 52.4 Å². The summed E-state index contributed by atoms with van der Waals surface area (Å²) in [5.41, 5.74) is 1.05. The first-order valence-electron chi connectivity index (χ1n) is 7.41. The van der Waals surface area contributed by atoms with Crippen LogP contribution in [-0.2, 0) is 4.79 Å². The van der Waals surface area contributed by atoms with Crippen molar-refractivity contribution in [2.24, 2.45) is 0 Å². The molecule has 8 heteroatoms. The van der Waals surface area contributed by atoms with Crippen molar-refractivity contribution in [3.8, 4) is 10.4 Å². The lowest BCUT2D eigenvalue weighted by Gasteiger charge is -2.12. The Morgan fingerprint density at radius 3 is 2.56 bits per heavy atom. The van der Waals surface area contributed by atoms with Crippen LogP contribution in [0.4, 0.5) is 5.13 Å². The van der Waals surface area contributed by atoms with E-state index in [0.29, 0.717) is 10.0 Å². The lowest BCUT2D eigenvalue weighted by atomic mass is 10.2. The molecule has 0 aliphatic rings. The molecule has 1 unspecified atom stereocenters. The minimum absolute atomic E-state index is 0.275. The number of hydrogen-bond acceptors (Lipinski definition) is 5. The number of thiazole rings is 1. The molecule has 0 saturated heterocycles. The van der Waals surface area contributed by atoms with Gasteiger partial charge in [-0.1, -0.05) is 41.7 Å². The van der Waals surface area contributed by atoms with Gasteiger partial charge in [-0.25, -0.2) is 4.98 Å². The number of rotatable bonds is 5. The van der Waals surface area contributed by atoms with Crippen molar-refractivity contribution in [2.45, 2.75) is 13.0 Å². The molecular weight excluding hydrogens is 422 g/mol. The van der Waals surface area contributed by atoms with E-state index in [1.807, 2.05) is 30.3 Å². The van der Waals surface area contributed by atoms with Crippen LogP contribution in [0.25, 0.3) is 10.4 Å². The van der Waals surface area contributed by atoms with Gasteiger partial charge in [0.15, 0.2) is 5.13 Å². The van der Waals surface area contributed by atoms with Crippen molar-refractivity contribution in [1.29, 1.82) is 0 Å². The maximum absolute atomic E-state index is 12.3. The van der Waals surface area contributed by atoms with Gasteiger partial charge in [0.2, 0.25) is 5.91 Å². The Bertz CT molecular complexity index is 892. The Hall–Kier alpha value is -2.03. The second-order valence-corrected chi connectivity index (χ2v) is 8.68. The van der Waals surface area contributed by atoms with E-state index in [9.17, 15) is 9.59 Å². The van der Waals surface area contributed by atoms with Crippen LogP contribution in [0, 0.1) is 0 Å². The summed E-state index contributed by atoms with van der Waals surface area (Å²) in [5.74, 6) is -0.583. The van der Waals surface area contributed by atoms with E-state index < -0.39 is 6.04 Å². The number of nitrogens with zero attached hydrogens (tertiary/aromatic N) is 1. The predicted molar refractivity (Wildman–Crippen MR) is 105 cm³/mol. The molecule has 5 nitrogen and oxygen atoms in total. The van der Waals surface area contributed by atoms with Gasteiger partial charge in [0.05, 0.1) is 13.5 Å². The Morgan fingerprint density at radius 1 is 1.12 bits per heavy atom. The summed E-state index contributed by atoms with van der Waals surface area (Å²) in [6.45, 7) is 1.64. The fraction of sp³-hybridized carbons (Fsp3) is 0.118. The molecule has 0 radical (unpaired) electrons. The molecule has 0 spiro atoms. The molecule has 0 bridgehead atoms. The Kier molecular flexibility index (Phi) is 5.62. The number of benzene rings is 1. The molecule has 2 N–H and O–H groups in total. The topological polar surface area (TPSA) is 71.1 Å². The summed E-state index contributed by atoms with van der Waals surface area (Å²) in [6, 6.07) is 12.7. The van der Waals surface area contributed by atoms with Crippen molar-refractivity contribution >= 4 is 55.5 Å². The lowest BCUT2D eigenvalue weighted by Crippen LogP contribution is -2.41. The molecule has 2 amide bonds. The zero-order valence-corrected chi connectivity index (χ0v) is 16.4. The number of amides is 2. The summed E-state index contributed by atoms with van der Waals surface area (Å²) in [6.07, 6.45) is 1.72. The number of aromatic nitrogens is 1. The van der Waals surface area contributed by atoms with Crippen LogP contribution < -0.4 is 10.6 Å². The van der Waals surface area contributed by atoms with Crippen LogP contribution in [-0.4, -0.2) is 22.8 Å². The van der Waals surface area contributed by atoms with Gasteiger partial charge in [0, 0.05) is 6.20 Å². The zero-order chi connectivity index (χ0) is 17.8. The number of anilines is 1. The van der Waals surface area contributed by atoms with Gasteiger partial charge in [0.25, 0.3) is 5.91 Å². The highest BCUT2D eigenvalue weighted by atomic mass is 79.9. The van der Waals surface area contributed by atoms with Gasteiger partial charge in [0.1, 0.15) is 6.04 Å². The number of nitrogens with one attached hydrogen (secondary N) is 2. The van der Waals surface area contributed by atoms with E-state index in [0.717, 1.165) is 14.2 Å². The number of hydrogen-bond donors (Lipinski definition) is 2. The number of thiophene rings is 1. The highest BCUT2D eigenvalue weighted by Gasteiger charge is 2.19. The average molecular weight is 436 g/mol. The van der Waals surface area contributed by atoms with Gasteiger partial charge in [-0.15, -0.1) is 11.3 Å². The van der Waals surface area contributed by atoms with Crippen LogP contribution >= 0.6 is 38.6 Å². The summed E-state index contributed by atoms with van der Waals surface area (Å²) >= 11 is 6.02. The molecule has 1 aromatic carbocycles. The fourth-order valence-corrected chi connectivity index (χ4v) is 4.16. The fourth-order valence-electron chi connectivity index (χ4n) is 2.05. The molecule has 128 valence electrons. The minimum atomic E-state index is -0.669. The summed E-state index contributed by atoms with van der Waals surface area (Å²) in [4.78, 5) is 30.1. The van der Waals surface area contributed by atoms with E-state index in [4.69, 9.17) is 0 Å². The SMILES string of the molecule is CC(NC(=O)c1ccc(Br)s1)C(=O)Nc1ncc(-c2ccccc2)s1. The Morgan fingerprint density at radius 2 is 1.88 bits per heavy atom. The summed E-state index contributed by atoms with van der Waals surface area (Å²) in [7, 11) is 0. The molecule has 2 heterocycles. The van der Waals surface area contributed by atoms with Gasteiger partial charge >= 0.3 is 0 Å². The van der Waals surface area contributed by atoms with Crippen molar-refractivity contribution in [1.82, 2.24) is 10.3 Å². The maximum Gasteiger partial charge on any atom is 0.262 e. The molecule has 25 heavy (non-hydrogen) atoms. The molecule has 0 fully saturated rings. The second kappa shape index (κ2) is 7.90. The first-order chi connectivity index (χ1) is 12.0. The molecule has 1 atom stereocenters. The third-order valence-electron chi connectivity index (χ3n) is 3.33. The number of halogens is 1. The van der Waals surface area contributed by atoms with Crippen molar-refractivity contribution < 1.29 is 9.59 Å². The van der Waals surface area contributed by atoms with E-state index >= 15 is 0 Å². The monoisotopic (exact) mass is 435 g/mol. The Labute approximate surface area is 161 Å². The molecule has 2 aromatic heterocycles. The van der Waals surface area contributed by atoms with Crippen LogP contribution in [0.3, 0.4) is 0 Å². The lowest BCUT2D eigenvalue weighted by molar-refractivity contribution is -0.117. The molecule has 0 aliphatic heterocycles.